The van der Waals surface area contributed by atoms with E-state index in [9.17, 15) is 18.7 Å². The molecular formula is C14H18F2O4Si. The molecule has 1 heterocycles. The van der Waals surface area contributed by atoms with Gasteiger partial charge in [0.05, 0.1) is 13.6 Å². The van der Waals surface area contributed by atoms with Gasteiger partial charge in [-0.05, 0) is 17.3 Å². The summed E-state index contributed by atoms with van der Waals surface area (Å²) in [6.07, 6.45) is -3.73. The van der Waals surface area contributed by atoms with E-state index in [2.05, 4.69) is 9.47 Å². The van der Waals surface area contributed by atoms with Crippen molar-refractivity contribution in [2.75, 3.05) is 0 Å². The number of aromatic carboxylic acids is 1. The van der Waals surface area contributed by atoms with E-state index in [1.165, 1.54) is 6.07 Å². The van der Waals surface area contributed by atoms with Gasteiger partial charge >= 0.3 is 12.3 Å². The summed E-state index contributed by atoms with van der Waals surface area (Å²) >= 11 is 0. The lowest BCUT2D eigenvalue weighted by Crippen LogP contribution is -2.46. The monoisotopic (exact) mass is 316 g/mol. The molecule has 1 aliphatic rings. The summed E-state index contributed by atoms with van der Waals surface area (Å²) in [6, 6.07) is 5.05. The van der Waals surface area contributed by atoms with Crippen molar-refractivity contribution in [3.05, 3.63) is 17.7 Å². The lowest BCUT2D eigenvalue weighted by Gasteiger charge is -2.29. The van der Waals surface area contributed by atoms with Crippen LogP contribution in [0.3, 0.4) is 0 Å². The highest BCUT2D eigenvalue weighted by molar-refractivity contribution is 6.92. The maximum absolute atomic E-state index is 13.4. The van der Waals surface area contributed by atoms with E-state index in [1.54, 1.807) is 0 Å². The molecular weight excluding hydrogens is 298 g/mol. The van der Waals surface area contributed by atoms with Gasteiger partial charge in [0.15, 0.2) is 11.5 Å². The van der Waals surface area contributed by atoms with E-state index in [0.717, 1.165) is 24.2 Å². The first-order valence-corrected chi connectivity index (χ1v) is 9.58. The van der Waals surface area contributed by atoms with Crippen LogP contribution in [0.1, 0.15) is 31.1 Å². The average molecular weight is 316 g/mol. The van der Waals surface area contributed by atoms with Crippen LogP contribution in [-0.4, -0.2) is 25.4 Å². The van der Waals surface area contributed by atoms with Gasteiger partial charge in [-0.15, -0.1) is 8.78 Å². The van der Waals surface area contributed by atoms with Gasteiger partial charge in [0.2, 0.25) is 0 Å². The Kier molecular flexibility index (Phi) is 3.97. The van der Waals surface area contributed by atoms with E-state index in [-0.39, 0.29) is 17.1 Å². The van der Waals surface area contributed by atoms with Crippen molar-refractivity contribution in [1.82, 2.24) is 0 Å². The quantitative estimate of drug-likeness (QED) is 0.846. The largest absolute Gasteiger partial charge is 0.586 e. The second kappa shape index (κ2) is 5.29. The highest BCUT2D eigenvalue weighted by Gasteiger charge is 2.47. The molecule has 0 saturated carbocycles. The van der Waals surface area contributed by atoms with Gasteiger partial charge in [-0.2, -0.15) is 0 Å². The number of alkyl halides is 2. The highest BCUT2D eigenvalue weighted by atomic mass is 28.3. The second-order valence-electron chi connectivity index (χ2n) is 5.16. The van der Waals surface area contributed by atoms with Gasteiger partial charge in [0, 0.05) is 0 Å². The third-order valence-corrected chi connectivity index (χ3v) is 9.93. The first kappa shape index (κ1) is 15.8. The first-order chi connectivity index (χ1) is 9.78. The Balaban J connectivity index is 2.68. The fraction of sp³-hybridized carbons (Fsp3) is 0.500. The summed E-state index contributed by atoms with van der Waals surface area (Å²) in [5.41, 5.74) is -0.0442. The molecule has 0 saturated heterocycles. The van der Waals surface area contributed by atoms with E-state index in [4.69, 9.17) is 0 Å². The molecule has 0 bridgehead atoms. The molecule has 0 aliphatic carbocycles. The molecule has 1 N–H and O–H groups in total. The van der Waals surface area contributed by atoms with Crippen molar-refractivity contribution in [3.8, 4) is 11.5 Å². The normalized spacial score (nSPS) is 16.0. The minimum absolute atomic E-state index is 0.0159. The SMILES string of the molecule is CC[Si](CC)(CC)c1cc(C(=O)O)cc2c1OC(F)(F)O2. The number of carbonyl (C=O) groups is 1. The van der Waals surface area contributed by atoms with Crippen LogP contribution in [0.4, 0.5) is 8.78 Å². The Hall–Kier alpha value is -1.63. The van der Waals surface area contributed by atoms with Gasteiger partial charge < -0.3 is 14.6 Å². The maximum Gasteiger partial charge on any atom is 0.586 e. The van der Waals surface area contributed by atoms with Gasteiger partial charge in [0.1, 0.15) is 0 Å². The molecule has 1 aromatic rings. The van der Waals surface area contributed by atoms with E-state index in [1.807, 2.05) is 20.8 Å². The summed E-state index contributed by atoms with van der Waals surface area (Å²) in [4.78, 5) is 11.2. The maximum atomic E-state index is 13.4. The number of ether oxygens (including phenoxy) is 2. The smallest absolute Gasteiger partial charge is 0.478 e. The van der Waals surface area contributed by atoms with Crippen LogP contribution in [0.25, 0.3) is 0 Å². The molecule has 7 heteroatoms. The number of halogens is 2. The summed E-state index contributed by atoms with van der Waals surface area (Å²) in [5, 5.41) is 9.80. The summed E-state index contributed by atoms with van der Waals surface area (Å²) in [5.74, 6) is -1.33. The van der Waals surface area contributed by atoms with E-state index >= 15 is 0 Å². The summed E-state index contributed by atoms with van der Waals surface area (Å²) < 4.78 is 35.9. The highest BCUT2D eigenvalue weighted by Crippen LogP contribution is 2.42. The second-order valence-corrected chi connectivity index (χ2v) is 10.4. The third kappa shape index (κ3) is 2.62. The number of benzene rings is 1. The number of carboxylic acid groups (broad SMARTS) is 1. The van der Waals surface area contributed by atoms with Crippen LogP contribution < -0.4 is 14.7 Å². The lowest BCUT2D eigenvalue weighted by molar-refractivity contribution is -0.286. The van der Waals surface area contributed by atoms with Crippen molar-refractivity contribution in [1.29, 1.82) is 0 Å². The Morgan fingerprint density at radius 2 is 1.76 bits per heavy atom. The molecule has 1 aliphatic heterocycles. The van der Waals surface area contributed by atoms with Crippen LogP contribution >= 0.6 is 0 Å². The van der Waals surface area contributed by atoms with E-state index in [0.29, 0.717) is 5.19 Å². The molecule has 0 radical (unpaired) electrons. The zero-order valence-electron chi connectivity index (χ0n) is 12.2. The molecule has 0 atom stereocenters. The van der Waals surface area contributed by atoms with Gasteiger partial charge in [-0.3, -0.25) is 0 Å². The summed E-state index contributed by atoms with van der Waals surface area (Å²) in [6.45, 7) is 6.02. The van der Waals surface area contributed by atoms with Crippen molar-refractivity contribution in [2.24, 2.45) is 0 Å². The van der Waals surface area contributed by atoms with E-state index < -0.39 is 20.3 Å². The summed E-state index contributed by atoms with van der Waals surface area (Å²) in [7, 11) is -2.09. The van der Waals surface area contributed by atoms with Gasteiger partial charge in [-0.1, -0.05) is 38.9 Å². The minimum atomic E-state index is -3.73. The average Bonchev–Trinajstić information content (AvgIpc) is 2.74. The lowest BCUT2D eigenvalue weighted by atomic mass is 10.2. The first-order valence-electron chi connectivity index (χ1n) is 6.96. The zero-order valence-corrected chi connectivity index (χ0v) is 13.2. The molecule has 21 heavy (non-hydrogen) atoms. The number of carboxylic acids is 1. The van der Waals surface area contributed by atoms with Crippen molar-refractivity contribution in [2.45, 2.75) is 45.2 Å². The van der Waals surface area contributed by atoms with Crippen LogP contribution in [0, 0.1) is 0 Å². The van der Waals surface area contributed by atoms with Crippen LogP contribution in [0.2, 0.25) is 18.1 Å². The number of hydrogen-bond acceptors (Lipinski definition) is 3. The molecule has 0 amide bonds. The Morgan fingerprint density at radius 1 is 1.19 bits per heavy atom. The number of hydrogen-bond donors (Lipinski definition) is 1. The molecule has 0 spiro atoms. The Labute approximate surface area is 122 Å². The minimum Gasteiger partial charge on any atom is -0.478 e. The fourth-order valence-electron chi connectivity index (χ4n) is 2.89. The Morgan fingerprint density at radius 3 is 2.24 bits per heavy atom. The predicted molar refractivity (Wildman–Crippen MR) is 76.4 cm³/mol. The number of rotatable bonds is 5. The number of fused-ring (bicyclic) bond motifs is 1. The van der Waals surface area contributed by atoms with Gasteiger partial charge in [0.25, 0.3) is 0 Å². The Bertz CT molecular complexity index is 562. The van der Waals surface area contributed by atoms with Crippen molar-refractivity contribution in [3.63, 3.8) is 0 Å². The zero-order chi connectivity index (χ0) is 15.8. The molecule has 4 nitrogen and oxygen atoms in total. The molecule has 1 aromatic carbocycles. The van der Waals surface area contributed by atoms with Gasteiger partial charge in [-0.25, -0.2) is 4.79 Å². The van der Waals surface area contributed by atoms with Crippen LogP contribution in [0.5, 0.6) is 11.5 Å². The van der Waals surface area contributed by atoms with Crippen molar-refractivity contribution >= 4 is 19.2 Å². The third-order valence-electron chi connectivity index (χ3n) is 4.35. The predicted octanol–water partition coefficient (Wildman–Crippen LogP) is 3.42. The van der Waals surface area contributed by atoms with Crippen molar-refractivity contribution < 1.29 is 28.2 Å². The fourth-order valence-corrected chi connectivity index (χ4v) is 6.65. The standard InChI is InChI=1S/C14H18F2O4Si/c1-4-21(5-2,6-3)11-8-9(13(17)18)7-10-12(11)20-14(15,16)19-10/h7-8H,4-6H2,1-3H3,(H,17,18). The molecule has 0 aromatic heterocycles. The molecule has 2 rings (SSSR count). The van der Waals surface area contributed by atoms with Crippen LogP contribution in [-0.2, 0) is 0 Å². The molecule has 0 unspecified atom stereocenters. The molecule has 0 fully saturated rings. The topological polar surface area (TPSA) is 55.8 Å². The van der Waals surface area contributed by atoms with Crippen LogP contribution in [0.15, 0.2) is 12.1 Å². The molecule has 116 valence electrons.